The molecule has 1 aliphatic heterocycles. The molecule has 1 aromatic heterocycles. The second-order valence-corrected chi connectivity index (χ2v) is 7.71. The second kappa shape index (κ2) is 10.5. The van der Waals surface area contributed by atoms with Crippen molar-refractivity contribution in [1.29, 1.82) is 0 Å². The highest BCUT2D eigenvalue weighted by atomic mass is 35.5. The number of nitrogens with zero attached hydrogens (tertiary/aromatic N) is 4. The highest BCUT2D eigenvalue weighted by molar-refractivity contribution is 6.30. The zero-order valence-electron chi connectivity index (χ0n) is 16.9. The minimum Gasteiger partial charge on any atom is -0.357 e. The summed E-state index contributed by atoms with van der Waals surface area (Å²) in [6.45, 7) is 6.85. The van der Waals surface area contributed by atoms with Crippen LogP contribution in [0, 0.1) is 0 Å². The van der Waals surface area contributed by atoms with Gasteiger partial charge in [-0.3, -0.25) is 4.99 Å². The Labute approximate surface area is 172 Å². The van der Waals surface area contributed by atoms with Crippen LogP contribution in [0.15, 0.2) is 29.3 Å². The molecule has 28 heavy (non-hydrogen) atoms. The number of nitrogens with one attached hydrogen (secondary N) is 2. The monoisotopic (exact) mass is 402 g/mol. The SMILES string of the molecule is CCNC(=NCCCc1nnc2n1CCCCC2)NC(C)c1ccc(Cl)cc1. The number of benzene rings is 1. The van der Waals surface area contributed by atoms with E-state index in [9.17, 15) is 0 Å². The summed E-state index contributed by atoms with van der Waals surface area (Å²) in [4.78, 5) is 4.74. The van der Waals surface area contributed by atoms with Gasteiger partial charge in [0.05, 0.1) is 6.04 Å². The minimum atomic E-state index is 0.155. The first kappa shape index (κ1) is 20.6. The second-order valence-electron chi connectivity index (χ2n) is 7.28. The molecule has 0 amide bonds. The van der Waals surface area contributed by atoms with E-state index < -0.39 is 0 Å². The first-order valence-electron chi connectivity index (χ1n) is 10.4. The van der Waals surface area contributed by atoms with Gasteiger partial charge in [0, 0.05) is 37.5 Å². The van der Waals surface area contributed by atoms with Crippen molar-refractivity contribution in [3.8, 4) is 0 Å². The molecule has 7 heteroatoms. The van der Waals surface area contributed by atoms with Crippen LogP contribution >= 0.6 is 11.6 Å². The molecule has 0 saturated carbocycles. The Morgan fingerprint density at radius 2 is 2.04 bits per heavy atom. The van der Waals surface area contributed by atoms with E-state index >= 15 is 0 Å². The number of halogens is 1. The molecule has 0 spiro atoms. The third kappa shape index (κ3) is 5.71. The molecular formula is C21H31ClN6. The zero-order valence-corrected chi connectivity index (χ0v) is 17.7. The van der Waals surface area contributed by atoms with Crippen LogP contribution in [0.5, 0.6) is 0 Å². The Bertz CT molecular complexity index is 768. The van der Waals surface area contributed by atoms with Crippen LogP contribution in [0.4, 0.5) is 0 Å². The number of rotatable bonds is 7. The lowest BCUT2D eigenvalue weighted by molar-refractivity contribution is 0.597. The number of fused-ring (bicyclic) bond motifs is 1. The lowest BCUT2D eigenvalue weighted by Crippen LogP contribution is -2.38. The van der Waals surface area contributed by atoms with E-state index in [1.54, 1.807) is 0 Å². The molecule has 0 bridgehead atoms. The van der Waals surface area contributed by atoms with E-state index in [-0.39, 0.29) is 6.04 Å². The Kier molecular flexibility index (Phi) is 7.71. The van der Waals surface area contributed by atoms with E-state index in [4.69, 9.17) is 16.6 Å². The van der Waals surface area contributed by atoms with Crippen LogP contribution < -0.4 is 10.6 Å². The normalized spacial score (nSPS) is 15.6. The molecule has 0 saturated heterocycles. The lowest BCUT2D eigenvalue weighted by atomic mass is 10.1. The topological polar surface area (TPSA) is 67.1 Å². The third-order valence-corrected chi connectivity index (χ3v) is 5.33. The third-order valence-electron chi connectivity index (χ3n) is 5.08. The summed E-state index contributed by atoms with van der Waals surface area (Å²) in [7, 11) is 0. The quantitative estimate of drug-likeness (QED) is 0.418. The van der Waals surface area contributed by atoms with Gasteiger partial charge in [-0.05, 0) is 50.8 Å². The number of aliphatic imine (C=N–C) groups is 1. The molecule has 2 heterocycles. The number of guanidine groups is 1. The lowest BCUT2D eigenvalue weighted by Gasteiger charge is -2.18. The first-order valence-corrected chi connectivity index (χ1v) is 10.8. The highest BCUT2D eigenvalue weighted by Crippen LogP contribution is 2.16. The van der Waals surface area contributed by atoms with Gasteiger partial charge < -0.3 is 15.2 Å². The molecule has 1 atom stereocenters. The van der Waals surface area contributed by atoms with Gasteiger partial charge in [-0.1, -0.05) is 30.2 Å². The van der Waals surface area contributed by atoms with E-state index in [2.05, 4.69) is 39.2 Å². The van der Waals surface area contributed by atoms with Crippen molar-refractivity contribution < 1.29 is 0 Å². The van der Waals surface area contributed by atoms with Gasteiger partial charge in [0.25, 0.3) is 0 Å². The fourth-order valence-electron chi connectivity index (χ4n) is 3.52. The average Bonchev–Trinajstić information content (AvgIpc) is 2.92. The van der Waals surface area contributed by atoms with Gasteiger partial charge in [-0.25, -0.2) is 0 Å². The van der Waals surface area contributed by atoms with Gasteiger partial charge >= 0.3 is 0 Å². The van der Waals surface area contributed by atoms with Crippen LogP contribution in [-0.4, -0.2) is 33.8 Å². The summed E-state index contributed by atoms with van der Waals surface area (Å²) in [6, 6.07) is 8.07. The summed E-state index contributed by atoms with van der Waals surface area (Å²) in [5, 5.41) is 16.3. The van der Waals surface area contributed by atoms with Gasteiger partial charge in [-0.2, -0.15) is 0 Å². The standard InChI is InChI=1S/C21H31ClN6/c1-3-23-21(25-16(2)17-10-12-18(22)13-11-17)24-14-7-9-20-27-26-19-8-5-4-6-15-28(19)20/h10-13,16H,3-9,14-15H2,1-2H3,(H2,23,24,25). The first-order chi connectivity index (χ1) is 13.7. The number of hydrogen-bond donors (Lipinski definition) is 2. The fraction of sp³-hybridized carbons (Fsp3) is 0.571. The Morgan fingerprint density at radius 1 is 1.21 bits per heavy atom. The van der Waals surface area contributed by atoms with Crippen molar-refractivity contribution in [3.05, 3.63) is 46.5 Å². The highest BCUT2D eigenvalue weighted by Gasteiger charge is 2.14. The van der Waals surface area contributed by atoms with E-state index in [0.717, 1.165) is 61.5 Å². The summed E-state index contributed by atoms with van der Waals surface area (Å²) in [5.41, 5.74) is 1.18. The predicted octanol–water partition coefficient (Wildman–Crippen LogP) is 3.91. The van der Waals surface area contributed by atoms with Crippen LogP contribution in [-0.2, 0) is 19.4 Å². The molecule has 1 aromatic carbocycles. The Balaban J connectivity index is 1.53. The largest absolute Gasteiger partial charge is 0.357 e. The van der Waals surface area contributed by atoms with Crippen LogP contribution in [0.2, 0.25) is 5.02 Å². The van der Waals surface area contributed by atoms with Crippen molar-refractivity contribution in [2.24, 2.45) is 4.99 Å². The zero-order chi connectivity index (χ0) is 19.8. The molecule has 2 N–H and O–H groups in total. The molecule has 0 fully saturated rings. The molecular weight excluding hydrogens is 372 g/mol. The van der Waals surface area contributed by atoms with Gasteiger partial charge in [-0.15, -0.1) is 10.2 Å². The summed E-state index contributed by atoms with van der Waals surface area (Å²) in [5.74, 6) is 3.10. The van der Waals surface area contributed by atoms with Gasteiger partial charge in [0.2, 0.25) is 0 Å². The molecule has 0 radical (unpaired) electrons. The predicted molar refractivity (Wildman–Crippen MR) is 115 cm³/mol. The van der Waals surface area contributed by atoms with E-state index in [1.807, 2.05) is 24.3 Å². The fourth-order valence-corrected chi connectivity index (χ4v) is 3.64. The number of hydrogen-bond acceptors (Lipinski definition) is 3. The molecule has 152 valence electrons. The minimum absolute atomic E-state index is 0.155. The van der Waals surface area contributed by atoms with E-state index in [0.29, 0.717) is 0 Å². The number of aryl methyl sites for hydroxylation is 2. The van der Waals surface area contributed by atoms with Gasteiger partial charge in [0.15, 0.2) is 5.96 Å². The van der Waals surface area contributed by atoms with Crippen LogP contribution in [0.1, 0.15) is 62.8 Å². The van der Waals surface area contributed by atoms with E-state index in [1.165, 1.54) is 24.8 Å². The van der Waals surface area contributed by atoms with Crippen molar-refractivity contribution in [2.45, 2.75) is 65.0 Å². The maximum atomic E-state index is 5.98. The smallest absolute Gasteiger partial charge is 0.191 e. The summed E-state index contributed by atoms with van der Waals surface area (Å²) < 4.78 is 2.32. The number of aromatic nitrogens is 3. The maximum Gasteiger partial charge on any atom is 0.191 e. The molecule has 3 rings (SSSR count). The molecule has 2 aromatic rings. The molecule has 1 aliphatic rings. The average molecular weight is 403 g/mol. The van der Waals surface area contributed by atoms with Crippen LogP contribution in [0.25, 0.3) is 0 Å². The van der Waals surface area contributed by atoms with Crippen molar-refractivity contribution >= 4 is 17.6 Å². The Hall–Kier alpha value is -2.08. The molecule has 6 nitrogen and oxygen atoms in total. The van der Waals surface area contributed by atoms with Crippen molar-refractivity contribution in [1.82, 2.24) is 25.4 Å². The van der Waals surface area contributed by atoms with Crippen molar-refractivity contribution in [3.63, 3.8) is 0 Å². The van der Waals surface area contributed by atoms with Crippen molar-refractivity contribution in [2.75, 3.05) is 13.1 Å². The Morgan fingerprint density at radius 3 is 2.82 bits per heavy atom. The molecule has 0 aliphatic carbocycles. The summed E-state index contributed by atoms with van der Waals surface area (Å²) in [6.07, 6.45) is 6.69. The van der Waals surface area contributed by atoms with Gasteiger partial charge in [0.1, 0.15) is 11.6 Å². The van der Waals surface area contributed by atoms with Crippen LogP contribution in [0.3, 0.4) is 0 Å². The summed E-state index contributed by atoms with van der Waals surface area (Å²) >= 11 is 5.98. The molecule has 1 unspecified atom stereocenters. The maximum absolute atomic E-state index is 5.98.